The Morgan fingerprint density at radius 1 is 1.69 bits per heavy atom. The molecule has 5 nitrogen and oxygen atoms in total. The van der Waals surface area contributed by atoms with Crippen LogP contribution in [0.5, 0.6) is 0 Å². The van der Waals surface area contributed by atoms with Crippen molar-refractivity contribution in [2.45, 2.75) is 18.9 Å². The topological polar surface area (TPSA) is 59.0 Å². The lowest BCUT2D eigenvalue weighted by Crippen LogP contribution is -2.32. The van der Waals surface area contributed by atoms with E-state index in [-0.39, 0.29) is 18.3 Å². The number of hydrogen-bond acceptors (Lipinski definition) is 3. The van der Waals surface area contributed by atoms with E-state index in [2.05, 4.69) is 15.7 Å². The number of aromatic nitrogens is 2. The highest BCUT2D eigenvalue weighted by atomic mass is 35.5. The Morgan fingerprint density at radius 3 is 3.12 bits per heavy atom. The maximum Gasteiger partial charge on any atom is 0.271 e. The van der Waals surface area contributed by atoms with Crippen LogP contribution in [0.2, 0.25) is 0 Å². The summed E-state index contributed by atoms with van der Waals surface area (Å²) in [6.07, 6.45) is 4.17. The molecular formula is C10H17ClN4O. The first-order valence-electron chi connectivity index (χ1n) is 5.29. The Hall–Kier alpha value is -1.07. The van der Waals surface area contributed by atoms with Gasteiger partial charge in [-0.3, -0.25) is 9.48 Å². The van der Waals surface area contributed by atoms with E-state index in [9.17, 15) is 4.79 Å². The summed E-state index contributed by atoms with van der Waals surface area (Å²) in [7, 11) is 1.61. The van der Waals surface area contributed by atoms with E-state index in [4.69, 9.17) is 0 Å². The monoisotopic (exact) mass is 244 g/mol. The Labute approximate surface area is 101 Å². The van der Waals surface area contributed by atoms with Crippen molar-refractivity contribution in [3.8, 4) is 0 Å². The number of halogens is 1. The van der Waals surface area contributed by atoms with Gasteiger partial charge in [0.25, 0.3) is 5.91 Å². The third kappa shape index (κ3) is 2.74. The lowest BCUT2D eigenvalue weighted by atomic mass is 10.1. The fraction of sp³-hybridized carbons (Fsp3) is 0.600. The molecule has 0 saturated carbocycles. The number of carbonyl (C=O) groups is 1. The zero-order valence-corrected chi connectivity index (χ0v) is 10.1. The maximum atomic E-state index is 11.3. The normalized spacial score (nSPS) is 19.9. The fourth-order valence-corrected chi connectivity index (χ4v) is 1.85. The first-order valence-corrected chi connectivity index (χ1v) is 5.29. The number of amides is 1. The fourth-order valence-electron chi connectivity index (χ4n) is 1.85. The van der Waals surface area contributed by atoms with Gasteiger partial charge in [0.05, 0.1) is 6.04 Å². The van der Waals surface area contributed by atoms with Gasteiger partial charge in [0.2, 0.25) is 0 Å². The Balaban J connectivity index is 0.00000128. The third-order valence-corrected chi connectivity index (χ3v) is 2.71. The van der Waals surface area contributed by atoms with Gasteiger partial charge in [-0.05, 0) is 25.5 Å². The lowest BCUT2D eigenvalue weighted by Gasteiger charge is -2.22. The Bertz CT molecular complexity index is 346. The van der Waals surface area contributed by atoms with E-state index in [1.165, 1.54) is 6.42 Å². The number of nitrogens with zero attached hydrogens (tertiary/aromatic N) is 2. The standard InChI is InChI=1S/C10H16N4O.ClH/c1-11-10(15)9-4-6-14(13-9)8-3-2-5-12-7-8;/h4,6,8,12H,2-3,5,7H2,1H3,(H,11,15);1H. The number of rotatable bonds is 2. The molecule has 1 amide bonds. The highest BCUT2D eigenvalue weighted by Gasteiger charge is 2.16. The van der Waals surface area contributed by atoms with Crippen LogP contribution in [-0.2, 0) is 0 Å². The van der Waals surface area contributed by atoms with Gasteiger partial charge in [-0.15, -0.1) is 12.4 Å². The van der Waals surface area contributed by atoms with Gasteiger partial charge in [0, 0.05) is 19.8 Å². The van der Waals surface area contributed by atoms with E-state index in [1.807, 2.05) is 10.9 Å². The second-order valence-electron chi connectivity index (χ2n) is 3.76. The molecule has 16 heavy (non-hydrogen) atoms. The SMILES string of the molecule is CNC(=O)c1ccn(C2CCCNC2)n1.Cl. The number of nitrogens with one attached hydrogen (secondary N) is 2. The van der Waals surface area contributed by atoms with Crippen LogP contribution in [0.25, 0.3) is 0 Å². The Kier molecular flexibility index (Phi) is 4.76. The summed E-state index contributed by atoms with van der Waals surface area (Å²) in [6.45, 7) is 2.02. The number of carbonyl (C=O) groups excluding carboxylic acids is 1. The minimum Gasteiger partial charge on any atom is -0.354 e. The molecule has 1 atom stereocenters. The van der Waals surface area contributed by atoms with Crippen molar-refractivity contribution in [3.63, 3.8) is 0 Å². The van der Waals surface area contributed by atoms with Gasteiger partial charge in [0.15, 0.2) is 0 Å². The molecule has 0 aliphatic carbocycles. The van der Waals surface area contributed by atoms with Crippen LogP contribution in [0.1, 0.15) is 29.4 Å². The van der Waals surface area contributed by atoms with E-state index < -0.39 is 0 Å². The third-order valence-electron chi connectivity index (χ3n) is 2.71. The lowest BCUT2D eigenvalue weighted by molar-refractivity contribution is 0.0957. The van der Waals surface area contributed by atoms with Crippen molar-refractivity contribution in [2.75, 3.05) is 20.1 Å². The molecule has 0 aromatic carbocycles. The molecule has 1 aromatic heterocycles. The average Bonchev–Trinajstić information content (AvgIpc) is 2.78. The first kappa shape index (κ1) is 13.0. The summed E-state index contributed by atoms with van der Waals surface area (Å²) in [5.41, 5.74) is 0.489. The van der Waals surface area contributed by atoms with E-state index in [1.54, 1.807) is 13.1 Å². The average molecular weight is 245 g/mol. The van der Waals surface area contributed by atoms with Crippen LogP contribution in [0.3, 0.4) is 0 Å². The van der Waals surface area contributed by atoms with Crippen molar-refractivity contribution in [1.29, 1.82) is 0 Å². The van der Waals surface area contributed by atoms with Gasteiger partial charge in [-0.1, -0.05) is 0 Å². The van der Waals surface area contributed by atoms with Crippen molar-refractivity contribution in [1.82, 2.24) is 20.4 Å². The molecule has 2 rings (SSSR count). The second-order valence-corrected chi connectivity index (χ2v) is 3.76. The van der Waals surface area contributed by atoms with Gasteiger partial charge < -0.3 is 10.6 Å². The Morgan fingerprint density at radius 2 is 2.50 bits per heavy atom. The van der Waals surface area contributed by atoms with Crippen LogP contribution in [0.15, 0.2) is 12.3 Å². The summed E-state index contributed by atoms with van der Waals surface area (Å²) in [5.74, 6) is -0.127. The van der Waals surface area contributed by atoms with Crippen LogP contribution in [0.4, 0.5) is 0 Å². The van der Waals surface area contributed by atoms with E-state index in [0.717, 1.165) is 19.5 Å². The minimum atomic E-state index is -0.127. The smallest absolute Gasteiger partial charge is 0.271 e. The molecule has 6 heteroatoms. The predicted molar refractivity (Wildman–Crippen MR) is 64.0 cm³/mol. The zero-order valence-electron chi connectivity index (χ0n) is 9.27. The van der Waals surface area contributed by atoms with Crippen LogP contribution in [0, 0.1) is 0 Å². The van der Waals surface area contributed by atoms with Crippen molar-refractivity contribution < 1.29 is 4.79 Å². The van der Waals surface area contributed by atoms with Crippen LogP contribution >= 0.6 is 12.4 Å². The van der Waals surface area contributed by atoms with Gasteiger partial charge >= 0.3 is 0 Å². The molecule has 1 aliphatic rings. The molecule has 2 heterocycles. The summed E-state index contributed by atoms with van der Waals surface area (Å²) in [5, 5.41) is 10.2. The number of piperidine rings is 1. The molecule has 90 valence electrons. The molecule has 1 aromatic rings. The van der Waals surface area contributed by atoms with Crippen molar-refractivity contribution in [2.24, 2.45) is 0 Å². The van der Waals surface area contributed by atoms with E-state index >= 15 is 0 Å². The van der Waals surface area contributed by atoms with Crippen LogP contribution in [-0.4, -0.2) is 35.8 Å². The molecule has 1 fully saturated rings. The molecule has 0 spiro atoms. The van der Waals surface area contributed by atoms with Gasteiger partial charge in [0.1, 0.15) is 5.69 Å². The van der Waals surface area contributed by atoms with Gasteiger partial charge in [-0.2, -0.15) is 5.10 Å². The molecule has 2 N–H and O–H groups in total. The van der Waals surface area contributed by atoms with Gasteiger partial charge in [-0.25, -0.2) is 0 Å². The minimum absolute atomic E-state index is 0. The zero-order chi connectivity index (χ0) is 10.7. The van der Waals surface area contributed by atoms with E-state index in [0.29, 0.717) is 11.7 Å². The summed E-state index contributed by atoms with van der Waals surface area (Å²) < 4.78 is 1.89. The molecule has 1 aliphatic heterocycles. The predicted octanol–water partition coefficient (Wildman–Crippen LogP) is 0.589. The molecule has 1 saturated heterocycles. The van der Waals surface area contributed by atoms with Crippen molar-refractivity contribution in [3.05, 3.63) is 18.0 Å². The van der Waals surface area contributed by atoms with Crippen molar-refractivity contribution >= 4 is 18.3 Å². The highest BCUT2D eigenvalue weighted by molar-refractivity contribution is 5.91. The highest BCUT2D eigenvalue weighted by Crippen LogP contribution is 2.15. The first-order chi connectivity index (χ1) is 7.31. The summed E-state index contributed by atoms with van der Waals surface area (Å²) >= 11 is 0. The molecule has 0 radical (unpaired) electrons. The van der Waals surface area contributed by atoms with Crippen LogP contribution < -0.4 is 10.6 Å². The number of hydrogen-bond donors (Lipinski definition) is 2. The molecular weight excluding hydrogens is 228 g/mol. The quantitative estimate of drug-likeness (QED) is 0.801. The molecule has 0 bridgehead atoms. The second kappa shape index (κ2) is 5.86. The molecule has 1 unspecified atom stereocenters. The maximum absolute atomic E-state index is 11.3. The summed E-state index contributed by atoms with van der Waals surface area (Å²) in [4.78, 5) is 11.3. The largest absolute Gasteiger partial charge is 0.354 e. The summed E-state index contributed by atoms with van der Waals surface area (Å²) in [6, 6.07) is 2.14.